The first kappa shape index (κ1) is 25.6. The molecule has 4 aromatic heterocycles. The van der Waals surface area contributed by atoms with Gasteiger partial charge in [-0.2, -0.15) is 4.98 Å². The van der Waals surface area contributed by atoms with E-state index in [1.54, 1.807) is 12.3 Å². The van der Waals surface area contributed by atoms with Gasteiger partial charge in [0.05, 0.1) is 16.3 Å². The summed E-state index contributed by atoms with van der Waals surface area (Å²) in [5, 5.41) is 7.07. The molecule has 1 aromatic carbocycles. The van der Waals surface area contributed by atoms with Crippen LogP contribution in [0.15, 0.2) is 100 Å². The second-order valence-corrected chi connectivity index (χ2v) is 11.2. The van der Waals surface area contributed by atoms with E-state index in [2.05, 4.69) is 30.6 Å². The highest BCUT2D eigenvalue weighted by molar-refractivity contribution is 7.91. The predicted molar refractivity (Wildman–Crippen MR) is 148 cm³/mol. The normalized spacial score (nSPS) is 15.2. The summed E-state index contributed by atoms with van der Waals surface area (Å²) in [7, 11) is -3.87. The first-order chi connectivity index (χ1) is 19.5. The minimum Gasteiger partial charge on any atom is -0.489 e. The van der Waals surface area contributed by atoms with Crippen molar-refractivity contribution in [3.8, 4) is 5.75 Å². The zero-order chi connectivity index (χ0) is 27.5. The molecule has 1 aliphatic heterocycles. The van der Waals surface area contributed by atoms with E-state index >= 15 is 0 Å². The SMILES string of the molecule is O=c1ccc2cnc(Nc3ccc(OC4CCNC4)cc3)nc2n1Cc1cnccc1S(=O)(=O)c1ccncc1. The standard InChI is InChI=1S/C28H25N7O4S/c36-26-6-1-19-16-32-28(33-21-2-4-22(5-3-21)39-23-7-11-31-17-23)34-27(19)35(26)18-20-15-30-14-10-25(20)40(37,38)24-8-12-29-13-9-24/h1-6,8-10,12-16,23,31H,7,11,17-18H2,(H,32,33,34). The molecule has 202 valence electrons. The van der Waals surface area contributed by atoms with Crippen LogP contribution in [0.1, 0.15) is 12.0 Å². The third-order valence-electron chi connectivity index (χ3n) is 6.59. The number of anilines is 2. The Balaban J connectivity index is 1.30. The zero-order valence-corrected chi connectivity index (χ0v) is 22.1. The lowest BCUT2D eigenvalue weighted by molar-refractivity contribution is 0.223. The van der Waals surface area contributed by atoms with E-state index in [0.717, 1.165) is 30.9 Å². The molecule has 0 amide bonds. The van der Waals surface area contributed by atoms with Gasteiger partial charge >= 0.3 is 0 Å². The van der Waals surface area contributed by atoms with Crippen LogP contribution >= 0.6 is 0 Å². The Kier molecular flexibility index (Phi) is 6.93. The molecule has 1 fully saturated rings. The molecule has 1 unspecified atom stereocenters. The Labute approximate surface area is 229 Å². The van der Waals surface area contributed by atoms with Crippen molar-refractivity contribution in [2.75, 3.05) is 18.4 Å². The number of fused-ring (bicyclic) bond motifs is 1. The average molecular weight is 556 g/mol. The Bertz CT molecular complexity index is 1820. The number of ether oxygens (including phenoxy) is 1. The number of aromatic nitrogens is 5. The molecule has 2 N–H and O–H groups in total. The molecule has 6 rings (SSSR count). The Morgan fingerprint density at radius 3 is 2.55 bits per heavy atom. The molecule has 5 aromatic rings. The molecule has 40 heavy (non-hydrogen) atoms. The summed E-state index contributed by atoms with van der Waals surface area (Å²) in [5.41, 5.74) is 1.13. The molecule has 0 saturated carbocycles. The van der Waals surface area contributed by atoms with E-state index in [1.807, 2.05) is 24.3 Å². The highest BCUT2D eigenvalue weighted by Crippen LogP contribution is 2.25. The Morgan fingerprint density at radius 1 is 0.975 bits per heavy atom. The number of pyridine rings is 3. The van der Waals surface area contributed by atoms with Gasteiger partial charge in [0.15, 0.2) is 0 Å². The van der Waals surface area contributed by atoms with Gasteiger partial charge in [-0.3, -0.25) is 19.3 Å². The molecule has 1 aliphatic rings. The summed E-state index contributed by atoms with van der Waals surface area (Å²) in [6, 6.07) is 14.8. The van der Waals surface area contributed by atoms with Gasteiger partial charge in [0.1, 0.15) is 17.5 Å². The van der Waals surface area contributed by atoms with Crippen molar-refractivity contribution < 1.29 is 13.2 Å². The van der Waals surface area contributed by atoms with Crippen molar-refractivity contribution in [3.63, 3.8) is 0 Å². The maximum absolute atomic E-state index is 13.4. The maximum Gasteiger partial charge on any atom is 0.252 e. The molecular formula is C28H25N7O4S. The van der Waals surface area contributed by atoms with Crippen molar-refractivity contribution in [1.29, 1.82) is 0 Å². The average Bonchev–Trinajstić information content (AvgIpc) is 3.49. The van der Waals surface area contributed by atoms with Gasteiger partial charge in [-0.1, -0.05) is 0 Å². The number of rotatable bonds is 8. The van der Waals surface area contributed by atoms with Crippen LogP contribution in [0.4, 0.5) is 11.6 Å². The van der Waals surface area contributed by atoms with Crippen LogP contribution in [-0.4, -0.2) is 52.1 Å². The van der Waals surface area contributed by atoms with Gasteiger partial charge in [0.25, 0.3) is 5.56 Å². The van der Waals surface area contributed by atoms with E-state index in [-0.39, 0.29) is 33.9 Å². The Morgan fingerprint density at radius 2 is 1.77 bits per heavy atom. The van der Waals surface area contributed by atoms with Crippen LogP contribution in [0.5, 0.6) is 5.75 Å². The van der Waals surface area contributed by atoms with Gasteiger partial charge in [0, 0.05) is 60.2 Å². The second-order valence-electron chi connectivity index (χ2n) is 9.28. The lowest BCUT2D eigenvalue weighted by Crippen LogP contribution is -2.22. The summed E-state index contributed by atoms with van der Waals surface area (Å²) in [6.45, 7) is 1.74. The summed E-state index contributed by atoms with van der Waals surface area (Å²) in [5.74, 6) is 1.07. The van der Waals surface area contributed by atoms with Gasteiger partial charge in [-0.25, -0.2) is 13.4 Å². The third kappa shape index (κ3) is 5.26. The highest BCUT2D eigenvalue weighted by atomic mass is 32.2. The van der Waals surface area contributed by atoms with Crippen LogP contribution < -0.4 is 20.9 Å². The molecule has 0 bridgehead atoms. The minimum absolute atomic E-state index is 0.0534. The third-order valence-corrected chi connectivity index (χ3v) is 8.46. The number of nitrogens with one attached hydrogen (secondary N) is 2. The fourth-order valence-electron chi connectivity index (χ4n) is 4.56. The van der Waals surface area contributed by atoms with E-state index in [9.17, 15) is 13.2 Å². The topological polar surface area (TPSA) is 141 Å². The lowest BCUT2D eigenvalue weighted by atomic mass is 10.2. The number of nitrogens with zero attached hydrogens (tertiary/aromatic N) is 5. The van der Waals surface area contributed by atoms with E-state index in [0.29, 0.717) is 16.6 Å². The number of benzene rings is 1. The summed E-state index contributed by atoms with van der Waals surface area (Å²) < 4.78 is 34.1. The van der Waals surface area contributed by atoms with Gasteiger partial charge < -0.3 is 15.4 Å². The molecule has 0 aliphatic carbocycles. The fraction of sp³-hybridized carbons (Fsp3) is 0.179. The van der Waals surface area contributed by atoms with Crippen LogP contribution in [0.25, 0.3) is 11.0 Å². The molecule has 1 atom stereocenters. The molecule has 0 spiro atoms. The summed E-state index contributed by atoms with van der Waals surface area (Å²) >= 11 is 0. The quantitative estimate of drug-likeness (QED) is 0.294. The van der Waals surface area contributed by atoms with Crippen LogP contribution in [-0.2, 0) is 16.4 Å². The first-order valence-corrected chi connectivity index (χ1v) is 14.1. The maximum atomic E-state index is 13.4. The van der Waals surface area contributed by atoms with E-state index in [1.165, 1.54) is 53.6 Å². The van der Waals surface area contributed by atoms with Gasteiger partial charge in [0.2, 0.25) is 15.8 Å². The summed E-state index contributed by atoms with van der Waals surface area (Å²) in [4.78, 5) is 30.2. The van der Waals surface area contributed by atoms with Crippen molar-refractivity contribution in [3.05, 3.63) is 101 Å². The van der Waals surface area contributed by atoms with E-state index < -0.39 is 9.84 Å². The first-order valence-electron chi connectivity index (χ1n) is 12.7. The van der Waals surface area contributed by atoms with Crippen molar-refractivity contribution in [1.82, 2.24) is 29.8 Å². The monoisotopic (exact) mass is 555 g/mol. The lowest BCUT2D eigenvalue weighted by Gasteiger charge is -2.14. The van der Waals surface area contributed by atoms with E-state index in [4.69, 9.17) is 4.74 Å². The largest absolute Gasteiger partial charge is 0.489 e. The van der Waals surface area contributed by atoms with Crippen LogP contribution in [0.2, 0.25) is 0 Å². The van der Waals surface area contributed by atoms with Crippen molar-refractivity contribution in [2.45, 2.75) is 28.9 Å². The summed E-state index contributed by atoms with van der Waals surface area (Å²) in [6.07, 6.45) is 8.45. The van der Waals surface area contributed by atoms with Crippen molar-refractivity contribution in [2.24, 2.45) is 0 Å². The smallest absolute Gasteiger partial charge is 0.252 e. The molecule has 0 radical (unpaired) electrons. The fourth-order valence-corrected chi connectivity index (χ4v) is 6.00. The van der Waals surface area contributed by atoms with Gasteiger partial charge in [-0.05, 0) is 61.5 Å². The Hall–Kier alpha value is -4.68. The molecule has 5 heterocycles. The molecule has 12 heteroatoms. The second kappa shape index (κ2) is 10.8. The number of hydrogen-bond acceptors (Lipinski definition) is 10. The number of sulfone groups is 1. The van der Waals surface area contributed by atoms with Crippen molar-refractivity contribution >= 4 is 32.5 Å². The number of hydrogen-bond donors (Lipinski definition) is 2. The molecular weight excluding hydrogens is 530 g/mol. The molecule has 11 nitrogen and oxygen atoms in total. The van der Waals surface area contributed by atoms with Crippen LogP contribution in [0, 0.1) is 0 Å². The molecule has 1 saturated heterocycles. The highest BCUT2D eigenvalue weighted by Gasteiger charge is 2.22. The van der Waals surface area contributed by atoms with Gasteiger partial charge in [-0.15, -0.1) is 0 Å². The van der Waals surface area contributed by atoms with Crippen LogP contribution in [0.3, 0.4) is 0 Å². The predicted octanol–water partition coefficient (Wildman–Crippen LogP) is 2.95. The zero-order valence-electron chi connectivity index (χ0n) is 21.3. The minimum atomic E-state index is -3.87.